The molecule has 0 aromatic carbocycles. The summed E-state index contributed by atoms with van der Waals surface area (Å²) in [5, 5.41) is 6.51. The first-order chi connectivity index (χ1) is 2.91. The van der Waals surface area contributed by atoms with E-state index in [9.17, 15) is 0 Å². The van der Waals surface area contributed by atoms with E-state index in [1.54, 1.807) is 0 Å². The van der Waals surface area contributed by atoms with Gasteiger partial charge in [0.1, 0.15) is 0 Å². The van der Waals surface area contributed by atoms with Crippen molar-refractivity contribution < 1.29 is 0 Å². The summed E-state index contributed by atoms with van der Waals surface area (Å²) in [6, 6.07) is 0. The zero-order valence-electron chi connectivity index (χ0n) is 3.70. The summed E-state index contributed by atoms with van der Waals surface area (Å²) in [7, 11) is 0. The maximum Gasteiger partial charge on any atom is -0.00444 e. The second-order valence-corrected chi connectivity index (χ2v) is 0.993. The number of nitrogens with one attached hydrogen (secondary N) is 1. The molecule has 0 saturated carbocycles. The van der Waals surface area contributed by atoms with Crippen LogP contribution in [0, 0.1) is 11.5 Å². The highest BCUT2D eigenvalue weighted by Gasteiger charge is 1.68. The van der Waals surface area contributed by atoms with Crippen LogP contribution >= 0.6 is 0 Å². The van der Waals surface area contributed by atoms with Crippen molar-refractivity contribution in [3.05, 3.63) is 12.7 Å². The molecule has 1 heteroatoms. The van der Waals surface area contributed by atoms with Crippen molar-refractivity contribution in [1.82, 2.24) is 0 Å². The Kier molecular flexibility index (Phi) is 3.98. The molecule has 0 atom stereocenters. The smallest absolute Gasteiger partial charge is 0.00444 e. The quantitative estimate of drug-likeness (QED) is 0.393. The Hall–Kier alpha value is -0.590. The summed E-state index contributed by atoms with van der Waals surface area (Å²) in [4.78, 5) is 0. The van der Waals surface area contributed by atoms with E-state index in [1.807, 2.05) is 0 Å². The molecule has 0 fully saturated rings. The highest BCUT2D eigenvalue weighted by Crippen LogP contribution is 1.79. The highest BCUT2D eigenvalue weighted by molar-refractivity contribution is 5.52. The van der Waals surface area contributed by atoms with Gasteiger partial charge < -0.3 is 5.41 Å². The number of allylic oxidation sites excluding steroid dienone is 1. The van der Waals surface area contributed by atoms with Gasteiger partial charge in [-0.15, -0.1) is 0 Å². The average Bonchev–Trinajstić information content (AvgIpc) is 1.61. The molecule has 0 rings (SSSR count). The Morgan fingerprint density at radius 2 is 2.50 bits per heavy atom. The van der Waals surface area contributed by atoms with Gasteiger partial charge in [0, 0.05) is 0 Å². The van der Waals surface area contributed by atoms with Crippen molar-refractivity contribution in [2.75, 3.05) is 0 Å². The molecule has 0 aliphatic rings. The standard InChI is InChI=1S/C5H8N/c1-2-3-4-5-6/h5-6H,1,3-4H2. The zero-order valence-corrected chi connectivity index (χ0v) is 3.70. The zero-order chi connectivity index (χ0) is 4.83. The van der Waals surface area contributed by atoms with E-state index in [-0.39, 0.29) is 0 Å². The SMILES string of the molecule is C=[C]CCC=N. The van der Waals surface area contributed by atoms with Gasteiger partial charge in [0.15, 0.2) is 0 Å². The summed E-state index contributed by atoms with van der Waals surface area (Å²) in [6.07, 6.45) is 5.62. The largest absolute Gasteiger partial charge is 0.313 e. The van der Waals surface area contributed by atoms with Gasteiger partial charge in [-0.3, -0.25) is 0 Å². The fraction of sp³-hybridized carbons (Fsp3) is 0.400. The Bertz CT molecular complexity index is 39.9. The second-order valence-electron chi connectivity index (χ2n) is 0.993. The minimum absolute atomic E-state index is 0.781. The van der Waals surface area contributed by atoms with E-state index in [1.165, 1.54) is 6.21 Å². The third kappa shape index (κ3) is 3.41. The Balaban J connectivity index is 2.66. The Morgan fingerprint density at radius 1 is 1.83 bits per heavy atom. The second kappa shape index (κ2) is 4.41. The van der Waals surface area contributed by atoms with Crippen LogP contribution in [0.3, 0.4) is 0 Å². The van der Waals surface area contributed by atoms with Crippen LogP contribution < -0.4 is 0 Å². The topological polar surface area (TPSA) is 23.9 Å². The molecule has 0 unspecified atom stereocenters. The maximum absolute atomic E-state index is 6.51. The number of unbranched alkanes of at least 4 members (excludes halogenated alkanes) is 1. The summed E-state index contributed by atoms with van der Waals surface area (Å²) < 4.78 is 0. The molecule has 33 valence electrons. The van der Waals surface area contributed by atoms with Crippen LogP contribution in [0.4, 0.5) is 0 Å². The fourth-order valence-electron chi connectivity index (χ4n) is 0.174. The van der Waals surface area contributed by atoms with Crippen molar-refractivity contribution in [3.63, 3.8) is 0 Å². The molecule has 0 aliphatic heterocycles. The van der Waals surface area contributed by atoms with Crippen molar-refractivity contribution in [1.29, 1.82) is 5.41 Å². The van der Waals surface area contributed by atoms with Gasteiger partial charge in [-0.2, -0.15) is 0 Å². The molecule has 0 aliphatic carbocycles. The molecular formula is C5H8N. The van der Waals surface area contributed by atoms with E-state index in [4.69, 9.17) is 5.41 Å². The monoisotopic (exact) mass is 82.1 g/mol. The molecule has 1 nitrogen and oxygen atoms in total. The summed E-state index contributed by atoms with van der Waals surface area (Å²) in [5.74, 6) is 0. The number of hydrogen-bond acceptors (Lipinski definition) is 1. The van der Waals surface area contributed by atoms with E-state index in [0.717, 1.165) is 12.8 Å². The van der Waals surface area contributed by atoms with Crippen LogP contribution in [0.25, 0.3) is 0 Å². The van der Waals surface area contributed by atoms with Crippen molar-refractivity contribution >= 4 is 6.21 Å². The average molecular weight is 82.1 g/mol. The number of rotatable bonds is 3. The molecular weight excluding hydrogens is 74.1 g/mol. The molecule has 0 saturated heterocycles. The van der Waals surface area contributed by atoms with Gasteiger partial charge in [-0.05, 0) is 19.1 Å². The van der Waals surface area contributed by atoms with Gasteiger partial charge in [-0.25, -0.2) is 0 Å². The van der Waals surface area contributed by atoms with Crippen molar-refractivity contribution in [2.24, 2.45) is 0 Å². The molecule has 0 heterocycles. The van der Waals surface area contributed by atoms with Crippen LogP contribution in [0.2, 0.25) is 0 Å². The fourth-order valence-corrected chi connectivity index (χ4v) is 0.174. The van der Waals surface area contributed by atoms with Crippen LogP contribution in [0.1, 0.15) is 12.8 Å². The molecule has 0 amide bonds. The van der Waals surface area contributed by atoms with Gasteiger partial charge in [0.2, 0.25) is 0 Å². The van der Waals surface area contributed by atoms with Crippen LogP contribution in [-0.4, -0.2) is 6.21 Å². The van der Waals surface area contributed by atoms with Crippen molar-refractivity contribution in [2.45, 2.75) is 12.8 Å². The lowest BCUT2D eigenvalue weighted by Crippen LogP contribution is -1.66. The lowest BCUT2D eigenvalue weighted by Gasteiger charge is -1.74. The third-order valence-electron chi connectivity index (χ3n) is 0.465. The predicted octanol–water partition coefficient (Wildman–Crippen LogP) is 1.41. The van der Waals surface area contributed by atoms with Gasteiger partial charge in [-0.1, -0.05) is 12.7 Å². The summed E-state index contributed by atoms with van der Waals surface area (Å²) in [6.45, 7) is 3.37. The Morgan fingerprint density at radius 3 is 2.67 bits per heavy atom. The van der Waals surface area contributed by atoms with Crippen LogP contribution in [0.5, 0.6) is 0 Å². The van der Waals surface area contributed by atoms with Gasteiger partial charge in [0.25, 0.3) is 0 Å². The van der Waals surface area contributed by atoms with Crippen molar-refractivity contribution in [3.8, 4) is 0 Å². The third-order valence-corrected chi connectivity index (χ3v) is 0.465. The summed E-state index contributed by atoms with van der Waals surface area (Å²) >= 11 is 0. The van der Waals surface area contributed by atoms with Gasteiger partial charge >= 0.3 is 0 Å². The molecule has 0 spiro atoms. The lowest BCUT2D eigenvalue weighted by molar-refractivity contribution is 1.09. The van der Waals surface area contributed by atoms with E-state index >= 15 is 0 Å². The minimum atomic E-state index is 0.781. The van der Waals surface area contributed by atoms with E-state index < -0.39 is 0 Å². The minimum Gasteiger partial charge on any atom is -0.313 e. The first-order valence-electron chi connectivity index (χ1n) is 1.90. The molecule has 1 radical (unpaired) electrons. The molecule has 1 N–H and O–H groups in total. The maximum atomic E-state index is 6.51. The molecule has 6 heavy (non-hydrogen) atoms. The normalized spacial score (nSPS) is 7.33. The first-order valence-corrected chi connectivity index (χ1v) is 1.90. The number of hydrogen-bond donors (Lipinski definition) is 1. The predicted molar refractivity (Wildman–Crippen MR) is 26.9 cm³/mol. The molecule has 0 aromatic heterocycles. The molecule has 0 aromatic rings. The van der Waals surface area contributed by atoms with Gasteiger partial charge in [0.05, 0.1) is 0 Å². The summed E-state index contributed by atoms with van der Waals surface area (Å²) in [5.41, 5.74) is 0. The molecule has 0 bridgehead atoms. The van der Waals surface area contributed by atoms with Crippen LogP contribution in [-0.2, 0) is 0 Å². The Labute approximate surface area is 38.2 Å². The van der Waals surface area contributed by atoms with E-state index in [2.05, 4.69) is 12.7 Å². The van der Waals surface area contributed by atoms with Crippen LogP contribution in [0.15, 0.2) is 6.58 Å². The highest BCUT2D eigenvalue weighted by atomic mass is 14.3. The first kappa shape index (κ1) is 5.41. The van der Waals surface area contributed by atoms with E-state index in [0.29, 0.717) is 0 Å². The lowest BCUT2D eigenvalue weighted by atomic mass is 10.3.